The van der Waals surface area contributed by atoms with E-state index in [0.717, 1.165) is 35.5 Å². The zero-order valence-corrected chi connectivity index (χ0v) is 11.7. The van der Waals surface area contributed by atoms with Gasteiger partial charge in [-0.1, -0.05) is 41.3 Å². The number of nitrogens with zero attached hydrogens (tertiary/aromatic N) is 2. The van der Waals surface area contributed by atoms with E-state index in [2.05, 4.69) is 22.1 Å². The molecule has 2 heterocycles. The van der Waals surface area contributed by atoms with Crippen molar-refractivity contribution in [3.05, 3.63) is 11.6 Å². The number of hydrogen-bond donors (Lipinski definition) is 1. The predicted molar refractivity (Wildman–Crippen MR) is 73.1 cm³/mol. The van der Waals surface area contributed by atoms with Gasteiger partial charge >= 0.3 is 0 Å². The minimum atomic E-state index is 0.317. The molecular formula is C10H14ClN3OS2. The maximum atomic E-state index is 5.69. The number of aromatic nitrogens is 2. The van der Waals surface area contributed by atoms with Crippen molar-refractivity contribution in [1.82, 2.24) is 10.2 Å². The molecule has 0 bridgehead atoms. The Morgan fingerprint density at radius 2 is 2.53 bits per heavy atom. The normalized spacial score (nSPS) is 19.5. The molecule has 0 aliphatic carbocycles. The van der Waals surface area contributed by atoms with Crippen LogP contribution in [0.15, 0.2) is 16.0 Å². The summed E-state index contributed by atoms with van der Waals surface area (Å²) < 4.78 is 6.42. The highest BCUT2D eigenvalue weighted by Crippen LogP contribution is 2.27. The first-order chi connectivity index (χ1) is 8.24. The third-order valence-electron chi connectivity index (χ3n) is 2.26. The second-order valence-electron chi connectivity index (χ2n) is 3.69. The lowest BCUT2D eigenvalue weighted by Gasteiger charge is -2.08. The van der Waals surface area contributed by atoms with Crippen LogP contribution in [-0.2, 0) is 4.74 Å². The van der Waals surface area contributed by atoms with Gasteiger partial charge < -0.3 is 10.1 Å². The highest BCUT2D eigenvalue weighted by Gasteiger charge is 2.15. The number of anilines is 1. The van der Waals surface area contributed by atoms with Gasteiger partial charge in [0.1, 0.15) is 0 Å². The van der Waals surface area contributed by atoms with Gasteiger partial charge in [0.2, 0.25) is 5.13 Å². The highest BCUT2D eigenvalue weighted by molar-refractivity contribution is 8.01. The van der Waals surface area contributed by atoms with Gasteiger partial charge in [0, 0.05) is 23.9 Å². The molecule has 0 spiro atoms. The molecule has 1 aromatic rings. The molecule has 7 heteroatoms. The molecule has 1 saturated heterocycles. The molecule has 94 valence electrons. The third-order valence-corrected chi connectivity index (χ3v) is 4.66. The van der Waals surface area contributed by atoms with Gasteiger partial charge in [-0.2, -0.15) is 0 Å². The van der Waals surface area contributed by atoms with Gasteiger partial charge in [-0.25, -0.2) is 0 Å². The number of nitrogens with one attached hydrogen (secondary N) is 1. The van der Waals surface area contributed by atoms with Crippen LogP contribution in [0.2, 0.25) is 0 Å². The van der Waals surface area contributed by atoms with Crippen LogP contribution in [-0.4, -0.2) is 35.2 Å². The van der Waals surface area contributed by atoms with Crippen molar-refractivity contribution in [1.29, 1.82) is 0 Å². The van der Waals surface area contributed by atoms with Crippen molar-refractivity contribution in [3.8, 4) is 0 Å². The van der Waals surface area contributed by atoms with Gasteiger partial charge in [-0.3, -0.25) is 0 Å². The fourth-order valence-corrected chi connectivity index (χ4v) is 3.16. The Labute approximate surface area is 114 Å². The van der Waals surface area contributed by atoms with E-state index in [1.807, 2.05) is 0 Å². The summed E-state index contributed by atoms with van der Waals surface area (Å²) in [6, 6.07) is 0. The van der Waals surface area contributed by atoms with E-state index >= 15 is 0 Å². The summed E-state index contributed by atoms with van der Waals surface area (Å²) in [7, 11) is 0. The van der Waals surface area contributed by atoms with Crippen LogP contribution in [0.1, 0.15) is 12.8 Å². The number of rotatable bonds is 6. The molecule has 2 rings (SSSR count). The fourth-order valence-electron chi connectivity index (χ4n) is 1.49. The Morgan fingerprint density at radius 3 is 3.24 bits per heavy atom. The van der Waals surface area contributed by atoms with E-state index in [9.17, 15) is 0 Å². The van der Waals surface area contributed by atoms with Gasteiger partial charge in [0.05, 0.1) is 6.10 Å². The second kappa shape index (κ2) is 6.58. The molecule has 1 aromatic heterocycles. The largest absolute Gasteiger partial charge is 0.376 e. The molecule has 4 nitrogen and oxygen atoms in total. The first kappa shape index (κ1) is 13.1. The molecule has 1 N–H and O–H groups in total. The van der Waals surface area contributed by atoms with Crippen LogP contribution < -0.4 is 5.32 Å². The Bertz CT molecular complexity index is 379. The van der Waals surface area contributed by atoms with Crippen molar-refractivity contribution in [2.45, 2.75) is 23.3 Å². The number of ether oxygens (including phenoxy) is 1. The van der Waals surface area contributed by atoms with Gasteiger partial charge in [-0.15, -0.1) is 10.2 Å². The first-order valence-corrected chi connectivity index (χ1v) is 7.57. The maximum Gasteiger partial charge on any atom is 0.206 e. The van der Waals surface area contributed by atoms with Crippen LogP contribution in [0.5, 0.6) is 0 Å². The average molecular weight is 292 g/mol. The van der Waals surface area contributed by atoms with Crippen molar-refractivity contribution in [3.63, 3.8) is 0 Å². The van der Waals surface area contributed by atoms with E-state index in [1.165, 1.54) is 11.3 Å². The van der Waals surface area contributed by atoms with E-state index in [1.54, 1.807) is 11.8 Å². The van der Waals surface area contributed by atoms with Crippen LogP contribution in [0, 0.1) is 0 Å². The lowest BCUT2D eigenvalue weighted by atomic mass is 10.2. The lowest BCUT2D eigenvalue weighted by molar-refractivity contribution is 0.120. The molecular weight excluding hydrogens is 278 g/mol. The molecule has 1 atom stereocenters. The van der Waals surface area contributed by atoms with E-state index in [-0.39, 0.29) is 0 Å². The van der Waals surface area contributed by atoms with Crippen molar-refractivity contribution in [2.24, 2.45) is 0 Å². The topological polar surface area (TPSA) is 47.0 Å². The Kier molecular flexibility index (Phi) is 5.09. The van der Waals surface area contributed by atoms with Crippen LogP contribution >= 0.6 is 34.7 Å². The molecule has 0 saturated carbocycles. The molecule has 1 aliphatic rings. The minimum Gasteiger partial charge on any atom is -0.376 e. The fraction of sp³-hybridized carbons (Fsp3) is 0.600. The summed E-state index contributed by atoms with van der Waals surface area (Å²) in [5.74, 6) is 0.669. The maximum absolute atomic E-state index is 5.69. The minimum absolute atomic E-state index is 0.317. The van der Waals surface area contributed by atoms with E-state index in [4.69, 9.17) is 16.3 Å². The van der Waals surface area contributed by atoms with Crippen LogP contribution in [0.25, 0.3) is 0 Å². The quantitative estimate of drug-likeness (QED) is 0.817. The molecule has 1 fully saturated rings. The predicted octanol–water partition coefficient (Wildman–Crippen LogP) is 2.97. The SMILES string of the molecule is C=C(Cl)CSc1nnc(NC[C@@H]2CCCO2)s1. The summed E-state index contributed by atoms with van der Waals surface area (Å²) in [6.45, 7) is 5.32. The monoisotopic (exact) mass is 291 g/mol. The third kappa shape index (κ3) is 4.46. The van der Waals surface area contributed by atoms with Gasteiger partial charge in [0.15, 0.2) is 4.34 Å². The Hall–Kier alpha value is -0.300. The number of halogens is 1. The Morgan fingerprint density at radius 1 is 1.65 bits per heavy atom. The molecule has 0 unspecified atom stereocenters. The zero-order valence-electron chi connectivity index (χ0n) is 9.32. The standard InChI is InChI=1S/C10H14ClN3OS2/c1-7(11)6-16-10-14-13-9(17-10)12-5-8-3-2-4-15-8/h8H,1-6H2,(H,12,13)/t8-/m0/s1. The van der Waals surface area contributed by atoms with Crippen LogP contribution in [0.3, 0.4) is 0 Å². The summed E-state index contributed by atoms with van der Waals surface area (Å²) in [5, 5.41) is 12.8. The molecule has 0 radical (unpaired) electrons. The molecule has 17 heavy (non-hydrogen) atoms. The Balaban J connectivity index is 1.75. The molecule has 1 aliphatic heterocycles. The summed E-state index contributed by atoms with van der Waals surface area (Å²) in [5.41, 5.74) is 0. The van der Waals surface area contributed by atoms with Crippen molar-refractivity contribution >= 4 is 39.8 Å². The zero-order chi connectivity index (χ0) is 12.1. The second-order valence-corrected chi connectivity index (χ2v) is 6.43. The summed E-state index contributed by atoms with van der Waals surface area (Å²) in [4.78, 5) is 0. The summed E-state index contributed by atoms with van der Waals surface area (Å²) in [6.07, 6.45) is 2.60. The van der Waals surface area contributed by atoms with Crippen LogP contribution in [0.4, 0.5) is 5.13 Å². The lowest BCUT2D eigenvalue weighted by Crippen LogP contribution is -2.18. The highest BCUT2D eigenvalue weighted by atomic mass is 35.5. The first-order valence-electron chi connectivity index (χ1n) is 5.39. The number of hydrogen-bond acceptors (Lipinski definition) is 6. The average Bonchev–Trinajstić information content (AvgIpc) is 2.95. The molecule has 0 aromatic carbocycles. The molecule has 0 amide bonds. The van der Waals surface area contributed by atoms with Crippen molar-refractivity contribution < 1.29 is 4.74 Å². The number of thioether (sulfide) groups is 1. The smallest absolute Gasteiger partial charge is 0.206 e. The van der Waals surface area contributed by atoms with Crippen molar-refractivity contribution in [2.75, 3.05) is 24.2 Å². The van der Waals surface area contributed by atoms with Gasteiger partial charge in [-0.05, 0) is 12.8 Å². The van der Waals surface area contributed by atoms with Gasteiger partial charge in [0.25, 0.3) is 0 Å². The van der Waals surface area contributed by atoms with E-state index < -0.39 is 0 Å². The van der Waals surface area contributed by atoms with E-state index in [0.29, 0.717) is 16.9 Å². The summed E-state index contributed by atoms with van der Waals surface area (Å²) >= 11 is 8.77.